The predicted octanol–water partition coefficient (Wildman–Crippen LogP) is 6.86. The van der Waals surface area contributed by atoms with Crippen LogP contribution in [-0.4, -0.2) is 47.2 Å². The predicted molar refractivity (Wildman–Crippen MR) is 269 cm³/mol. The van der Waals surface area contributed by atoms with E-state index in [-0.39, 0.29) is 61.9 Å². The van der Waals surface area contributed by atoms with Gasteiger partial charge in [0, 0.05) is 46.1 Å². The first-order valence-corrected chi connectivity index (χ1v) is 24.4. The standard InChI is InChI=1S/C53H66N10O10/c1-12-14-36(21-35(2)58-42(64)60(37-15-13-16-39(22-37)73-34-57)46(68)62(43(58)65)40-25-51(9,28-70-31-54)19-17-49(40,5)6)59-44(66)61(38-23-48(3,4)27-53(11,24-38)30-72-33-56)47(69)63(45(59)67)41-26-52(10,29-71-32-55)20-18-50(41,7)8/h12-16,21-22,38,40-41H,1,17-20,23-30H2,2-11H3/b35-21+,36-14+. The molecular weight excluding hydrogens is 937 g/mol. The van der Waals surface area contributed by atoms with Crippen molar-refractivity contribution in [2.45, 2.75) is 145 Å². The number of nitrogens with zero attached hydrogens (tertiary/aromatic N) is 10. The molecular formula is C53H66N10O10. The molecule has 0 amide bonds. The van der Waals surface area contributed by atoms with Gasteiger partial charge in [-0.05, 0) is 105 Å². The zero-order valence-corrected chi connectivity index (χ0v) is 43.5. The number of rotatable bonds is 15. The topological polar surface area (TPSA) is 264 Å². The molecule has 20 nitrogen and oxygen atoms in total. The average molecular weight is 1000 g/mol. The van der Waals surface area contributed by atoms with Gasteiger partial charge in [0.05, 0.1) is 11.4 Å². The molecule has 3 aromatic rings. The fraction of sp³-hybridized carbons (Fsp3) is 0.585. The van der Waals surface area contributed by atoms with Crippen molar-refractivity contribution >= 4 is 11.4 Å². The van der Waals surface area contributed by atoms with E-state index in [0.29, 0.717) is 38.5 Å². The number of ether oxygens (including phenoxy) is 4. The molecule has 73 heavy (non-hydrogen) atoms. The molecule has 6 rings (SSSR count). The Hall–Kier alpha value is -7.58. The Kier molecular flexibility index (Phi) is 15.4. The van der Waals surface area contributed by atoms with E-state index < -0.39 is 84.8 Å². The minimum atomic E-state index is -1.13. The molecule has 0 saturated heterocycles. The lowest BCUT2D eigenvalue weighted by Crippen LogP contribution is -2.60. The van der Waals surface area contributed by atoms with Crippen LogP contribution < -0.4 is 38.9 Å². The van der Waals surface area contributed by atoms with E-state index in [2.05, 4.69) is 6.58 Å². The van der Waals surface area contributed by atoms with Gasteiger partial charge in [-0.25, -0.2) is 56.2 Å². The second kappa shape index (κ2) is 20.5. The second-order valence-electron chi connectivity index (χ2n) is 23.5. The molecule has 2 heterocycles. The fourth-order valence-corrected chi connectivity index (χ4v) is 12.0. The van der Waals surface area contributed by atoms with Gasteiger partial charge in [0.1, 0.15) is 25.6 Å². The highest BCUT2D eigenvalue weighted by atomic mass is 16.5. The Morgan fingerprint density at radius 1 is 0.630 bits per heavy atom. The van der Waals surface area contributed by atoms with E-state index in [0.717, 1.165) is 27.4 Å². The number of allylic oxidation sites excluding steroid dienone is 5. The summed E-state index contributed by atoms with van der Waals surface area (Å²) in [6.07, 6.45) is 14.4. The van der Waals surface area contributed by atoms with Gasteiger partial charge in [0.2, 0.25) is 0 Å². The minimum Gasteiger partial charge on any atom is -0.427 e. The maximum Gasteiger partial charge on any atom is 0.345 e. The van der Waals surface area contributed by atoms with Gasteiger partial charge >= 0.3 is 34.1 Å². The summed E-state index contributed by atoms with van der Waals surface area (Å²) < 4.78 is 26.4. The highest BCUT2D eigenvalue weighted by Gasteiger charge is 2.49. The third-order valence-electron chi connectivity index (χ3n) is 15.7. The van der Waals surface area contributed by atoms with Gasteiger partial charge in [0.25, 0.3) is 25.0 Å². The summed E-state index contributed by atoms with van der Waals surface area (Å²) in [5, 5.41) is 37.5. The van der Waals surface area contributed by atoms with Crippen LogP contribution >= 0.6 is 0 Å². The lowest BCUT2D eigenvalue weighted by molar-refractivity contribution is -0.000453. The lowest BCUT2D eigenvalue weighted by atomic mass is 9.63. The molecule has 20 heteroatoms. The summed E-state index contributed by atoms with van der Waals surface area (Å²) in [6.45, 7) is 22.7. The molecule has 388 valence electrons. The Labute approximate surface area is 423 Å². The summed E-state index contributed by atoms with van der Waals surface area (Å²) in [7, 11) is 0. The van der Waals surface area contributed by atoms with Crippen molar-refractivity contribution in [1.82, 2.24) is 27.4 Å². The number of aromatic nitrogens is 6. The first-order chi connectivity index (χ1) is 34.1. The maximum atomic E-state index is 15.5. The van der Waals surface area contributed by atoms with Crippen LogP contribution in [0.25, 0.3) is 17.1 Å². The largest absolute Gasteiger partial charge is 0.427 e. The van der Waals surface area contributed by atoms with Crippen LogP contribution in [0.2, 0.25) is 0 Å². The van der Waals surface area contributed by atoms with Gasteiger partial charge in [-0.3, -0.25) is 0 Å². The van der Waals surface area contributed by atoms with Gasteiger partial charge in [-0.1, -0.05) is 81.0 Å². The van der Waals surface area contributed by atoms with E-state index in [1.165, 1.54) is 49.4 Å². The van der Waals surface area contributed by atoms with Gasteiger partial charge in [-0.2, -0.15) is 15.8 Å². The monoisotopic (exact) mass is 1000 g/mol. The Bertz CT molecular complexity index is 3280. The van der Waals surface area contributed by atoms with Gasteiger partial charge in [-0.15, -0.1) is 5.26 Å². The second-order valence-corrected chi connectivity index (χ2v) is 23.5. The Morgan fingerprint density at radius 3 is 1.66 bits per heavy atom. The van der Waals surface area contributed by atoms with Gasteiger partial charge in [0.15, 0.2) is 0 Å². The first kappa shape index (κ1) is 54.7. The van der Waals surface area contributed by atoms with Crippen molar-refractivity contribution < 1.29 is 18.9 Å². The van der Waals surface area contributed by atoms with Crippen LogP contribution in [0.4, 0.5) is 0 Å². The maximum absolute atomic E-state index is 15.5. The summed E-state index contributed by atoms with van der Waals surface area (Å²) in [4.78, 5) is 91.4. The SMILES string of the molecule is C=C/C=C(\C=C(/C)n1c(=O)n(-c2cccc(OC#N)c2)c(=O)n(C2CC(C)(COC#N)CCC2(C)C)c1=O)n1c(=O)n(C2CC(C)(C)CC(C)(COC#N)C2)c(=O)n(C2CC(C)(COC#N)CCC2(C)C)c1=O. The lowest BCUT2D eigenvalue weighted by Gasteiger charge is -2.48. The van der Waals surface area contributed by atoms with Crippen molar-refractivity contribution in [3.8, 4) is 36.5 Å². The smallest absolute Gasteiger partial charge is 0.345 e. The molecule has 2 aromatic heterocycles. The molecule has 3 aliphatic carbocycles. The van der Waals surface area contributed by atoms with Crippen LogP contribution in [0.1, 0.15) is 145 Å². The zero-order valence-electron chi connectivity index (χ0n) is 43.5. The molecule has 3 saturated carbocycles. The molecule has 0 spiro atoms. The molecule has 3 fully saturated rings. The number of nitriles is 4. The van der Waals surface area contributed by atoms with Crippen molar-refractivity contribution in [2.75, 3.05) is 19.8 Å². The fourth-order valence-electron chi connectivity index (χ4n) is 12.0. The van der Waals surface area contributed by atoms with Crippen LogP contribution in [0.5, 0.6) is 5.75 Å². The third kappa shape index (κ3) is 10.9. The number of hydrogen-bond donors (Lipinski definition) is 0. The average Bonchev–Trinajstić information content (AvgIpc) is 3.29. The molecule has 0 N–H and O–H groups in total. The van der Waals surface area contributed by atoms with Gasteiger partial charge < -0.3 is 18.9 Å². The molecule has 3 aliphatic rings. The molecule has 0 radical (unpaired) electrons. The van der Waals surface area contributed by atoms with Crippen LogP contribution in [0.15, 0.2) is 77.8 Å². The number of hydrogen-bond acceptors (Lipinski definition) is 14. The molecule has 6 atom stereocenters. The summed E-state index contributed by atoms with van der Waals surface area (Å²) >= 11 is 0. The zero-order chi connectivity index (χ0) is 54.1. The van der Waals surface area contributed by atoms with E-state index in [1.807, 2.05) is 62.3 Å². The highest BCUT2D eigenvalue weighted by molar-refractivity contribution is 5.67. The van der Waals surface area contributed by atoms with Crippen LogP contribution in [0, 0.1) is 78.6 Å². The number of benzene rings is 1. The molecule has 0 aliphatic heterocycles. The van der Waals surface area contributed by atoms with Crippen molar-refractivity contribution in [3.63, 3.8) is 0 Å². The van der Waals surface area contributed by atoms with Crippen LogP contribution in [0.3, 0.4) is 0 Å². The van der Waals surface area contributed by atoms with E-state index in [1.54, 1.807) is 25.0 Å². The molecule has 0 bridgehead atoms. The molecule has 1 aromatic carbocycles. The highest BCUT2D eigenvalue weighted by Crippen LogP contribution is 2.53. The summed E-state index contributed by atoms with van der Waals surface area (Å²) in [5.41, 5.74) is -10.4. The quantitative estimate of drug-likeness (QED) is 0.111. The summed E-state index contributed by atoms with van der Waals surface area (Å²) in [6, 6.07) is 3.12. The minimum absolute atomic E-state index is 0.00220. The van der Waals surface area contributed by atoms with E-state index in [4.69, 9.17) is 18.9 Å². The summed E-state index contributed by atoms with van der Waals surface area (Å²) in [5.74, 6) is 0.00220. The Morgan fingerprint density at radius 2 is 1.14 bits per heavy atom. The first-order valence-electron chi connectivity index (χ1n) is 24.4. The van der Waals surface area contributed by atoms with Crippen molar-refractivity contribution in [1.29, 1.82) is 21.0 Å². The Balaban J connectivity index is 1.70. The molecule has 6 unspecified atom stereocenters. The van der Waals surface area contributed by atoms with Crippen LogP contribution in [-0.2, 0) is 14.2 Å². The third-order valence-corrected chi connectivity index (χ3v) is 15.7. The van der Waals surface area contributed by atoms with Crippen molar-refractivity contribution in [3.05, 3.63) is 112 Å². The van der Waals surface area contributed by atoms with E-state index >= 15 is 19.2 Å². The van der Waals surface area contributed by atoms with Crippen molar-refractivity contribution in [2.24, 2.45) is 32.5 Å². The normalized spacial score (nSPS) is 26.5. The van der Waals surface area contributed by atoms with E-state index in [9.17, 15) is 30.6 Å².